The van der Waals surface area contributed by atoms with Crippen LogP contribution in [0.4, 0.5) is 0 Å². The van der Waals surface area contributed by atoms with Gasteiger partial charge in [0.15, 0.2) is 6.29 Å². The van der Waals surface area contributed by atoms with Crippen molar-refractivity contribution in [2.75, 3.05) is 13.2 Å². The maximum Gasteiger partial charge on any atom is 0.184 e. The van der Waals surface area contributed by atoms with E-state index in [9.17, 15) is 0 Å². The van der Waals surface area contributed by atoms with Crippen LogP contribution in [0.15, 0.2) is 48.5 Å². The van der Waals surface area contributed by atoms with Gasteiger partial charge in [-0.1, -0.05) is 49.2 Å². The molecule has 4 nitrogen and oxygen atoms in total. The lowest BCUT2D eigenvalue weighted by Crippen LogP contribution is -2.45. The van der Waals surface area contributed by atoms with Gasteiger partial charge in [0.2, 0.25) is 0 Å². The predicted molar refractivity (Wildman–Crippen MR) is 109 cm³/mol. The molecule has 0 spiro atoms. The van der Waals surface area contributed by atoms with Crippen molar-refractivity contribution in [3.05, 3.63) is 64.7 Å². The molecule has 150 valence electrons. The van der Waals surface area contributed by atoms with Gasteiger partial charge in [0.25, 0.3) is 0 Å². The van der Waals surface area contributed by atoms with Crippen LogP contribution in [-0.2, 0) is 14.2 Å². The minimum absolute atomic E-state index is 0.0395. The van der Waals surface area contributed by atoms with Crippen LogP contribution < -0.4 is 4.74 Å². The average molecular weight is 403 g/mol. The molecule has 2 aromatic carbocycles. The van der Waals surface area contributed by atoms with E-state index in [0.717, 1.165) is 54.2 Å². The van der Waals surface area contributed by atoms with Gasteiger partial charge in [0.1, 0.15) is 11.9 Å². The van der Waals surface area contributed by atoms with E-state index in [2.05, 4.69) is 6.92 Å². The van der Waals surface area contributed by atoms with Crippen LogP contribution in [0.5, 0.6) is 5.75 Å². The van der Waals surface area contributed by atoms with Gasteiger partial charge in [0.05, 0.1) is 25.4 Å². The fourth-order valence-electron chi connectivity index (χ4n) is 3.70. The van der Waals surface area contributed by atoms with Gasteiger partial charge in [-0.3, -0.25) is 0 Å². The van der Waals surface area contributed by atoms with E-state index >= 15 is 0 Å². The van der Waals surface area contributed by atoms with E-state index in [-0.39, 0.29) is 24.6 Å². The summed E-state index contributed by atoms with van der Waals surface area (Å²) < 4.78 is 24.2. The SMILES string of the molecule is CCCCOc1ccc(C2OC[C@H]3O[C@@H](c4ccc(Cl)cc4)CC[C@@H]3O2)cc1. The number of benzene rings is 2. The van der Waals surface area contributed by atoms with Crippen LogP contribution in [-0.4, -0.2) is 25.4 Å². The maximum absolute atomic E-state index is 6.26. The predicted octanol–water partition coefficient (Wildman–Crippen LogP) is 5.85. The second-order valence-corrected chi connectivity index (χ2v) is 7.84. The first-order valence-corrected chi connectivity index (χ1v) is 10.5. The summed E-state index contributed by atoms with van der Waals surface area (Å²) in [6.07, 6.45) is 3.83. The van der Waals surface area contributed by atoms with Crippen molar-refractivity contribution < 1.29 is 18.9 Å². The average Bonchev–Trinajstić information content (AvgIpc) is 2.74. The van der Waals surface area contributed by atoms with Crippen molar-refractivity contribution in [3.63, 3.8) is 0 Å². The van der Waals surface area contributed by atoms with E-state index in [1.165, 1.54) is 0 Å². The van der Waals surface area contributed by atoms with E-state index in [0.29, 0.717) is 6.61 Å². The monoisotopic (exact) mass is 402 g/mol. The van der Waals surface area contributed by atoms with E-state index in [1.54, 1.807) is 0 Å². The number of unbranched alkanes of at least 4 members (excludes halogenated alkanes) is 1. The maximum atomic E-state index is 6.26. The van der Waals surface area contributed by atoms with Gasteiger partial charge in [-0.2, -0.15) is 0 Å². The first kappa shape index (κ1) is 19.7. The quantitative estimate of drug-likeness (QED) is 0.567. The Balaban J connectivity index is 1.33. The number of fused-ring (bicyclic) bond motifs is 1. The lowest BCUT2D eigenvalue weighted by Gasteiger charge is -2.42. The highest BCUT2D eigenvalue weighted by molar-refractivity contribution is 6.30. The third-order valence-electron chi connectivity index (χ3n) is 5.34. The third kappa shape index (κ3) is 4.69. The molecule has 2 aromatic rings. The minimum atomic E-state index is -0.346. The smallest absolute Gasteiger partial charge is 0.184 e. The molecule has 2 aliphatic heterocycles. The normalized spacial score (nSPS) is 27.2. The molecule has 2 heterocycles. The van der Waals surface area contributed by atoms with Crippen LogP contribution >= 0.6 is 11.6 Å². The summed E-state index contributed by atoms with van der Waals surface area (Å²) in [4.78, 5) is 0. The van der Waals surface area contributed by atoms with Crippen LogP contribution in [0, 0.1) is 0 Å². The second-order valence-electron chi connectivity index (χ2n) is 7.40. The molecule has 4 rings (SSSR count). The lowest BCUT2D eigenvalue weighted by atomic mass is 9.96. The Labute approximate surface area is 171 Å². The molecule has 2 fully saturated rings. The van der Waals surface area contributed by atoms with Crippen LogP contribution in [0.25, 0.3) is 0 Å². The molecule has 0 bridgehead atoms. The Bertz CT molecular complexity index is 746. The number of rotatable bonds is 6. The Kier molecular flexibility index (Phi) is 6.53. The van der Waals surface area contributed by atoms with Crippen molar-refractivity contribution in [1.29, 1.82) is 0 Å². The van der Waals surface area contributed by atoms with Crippen molar-refractivity contribution >= 4 is 11.6 Å². The minimum Gasteiger partial charge on any atom is -0.494 e. The Morgan fingerprint density at radius 2 is 1.68 bits per heavy atom. The molecular formula is C23H27ClO4. The number of hydrogen-bond acceptors (Lipinski definition) is 4. The number of hydrogen-bond donors (Lipinski definition) is 0. The van der Waals surface area contributed by atoms with Gasteiger partial charge < -0.3 is 18.9 Å². The summed E-state index contributed by atoms with van der Waals surface area (Å²) in [6, 6.07) is 15.9. The first-order chi connectivity index (χ1) is 13.7. The molecule has 0 aromatic heterocycles. The first-order valence-electron chi connectivity index (χ1n) is 10.1. The fraction of sp³-hybridized carbons (Fsp3) is 0.478. The second kappa shape index (κ2) is 9.27. The summed E-state index contributed by atoms with van der Waals surface area (Å²) in [5.41, 5.74) is 2.17. The van der Waals surface area contributed by atoms with E-state index < -0.39 is 0 Å². The number of halogens is 1. The van der Waals surface area contributed by atoms with Crippen molar-refractivity contribution in [2.24, 2.45) is 0 Å². The lowest BCUT2D eigenvalue weighted by molar-refractivity contribution is -0.289. The van der Waals surface area contributed by atoms with Crippen molar-refractivity contribution in [1.82, 2.24) is 0 Å². The van der Waals surface area contributed by atoms with Crippen LogP contribution in [0.1, 0.15) is 56.1 Å². The zero-order chi connectivity index (χ0) is 19.3. The molecule has 0 amide bonds. The topological polar surface area (TPSA) is 36.9 Å². The Hall–Kier alpha value is -1.59. The highest BCUT2D eigenvalue weighted by atomic mass is 35.5. The summed E-state index contributed by atoms with van der Waals surface area (Å²) in [5.74, 6) is 0.887. The van der Waals surface area contributed by atoms with Crippen molar-refractivity contribution in [2.45, 2.75) is 57.2 Å². The largest absolute Gasteiger partial charge is 0.494 e. The molecule has 0 N–H and O–H groups in total. The van der Waals surface area contributed by atoms with E-state index in [4.69, 9.17) is 30.5 Å². The molecule has 0 saturated carbocycles. The van der Waals surface area contributed by atoms with Crippen molar-refractivity contribution in [3.8, 4) is 5.75 Å². The molecule has 28 heavy (non-hydrogen) atoms. The molecule has 4 atom stereocenters. The van der Waals surface area contributed by atoms with Gasteiger partial charge in [-0.15, -0.1) is 0 Å². The standard InChI is InChI=1S/C23H27ClO4/c1-2-3-14-25-19-10-6-17(7-11-19)23-26-15-22-21(28-23)13-12-20(27-22)16-4-8-18(24)9-5-16/h4-11,20-23H,2-3,12-15H2,1H3/t20-,21+,22-,23?/m1/s1. The molecule has 1 unspecified atom stereocenters. The summed E-state index contributed by atoms with van der Waals surface area (Å²) in [6.45, 7) is 3.44. The highest BCUT2D eigenvalue weighted by Crippen LogP contribution is 2.38. The Morgan fingerprint density at radius 3 is 2.43 bits per heavy atom. The molecular weight excluding hydrogens is 376 g/mol. The van der Waals surface area contributed by atoms with Gasteiger partial charge in [-0.05, 0) is 49.1 Å². The fourth-order valence-corrected chi connectivity index (χ4v) is 3.83. The summed E-state index contributed by atoms with van der Waals surface area (Å²) in [5, 5.41) is 0.742. The summed E-state index contributed by atoms with van der Waals surface area (Å²) >= 11 is 5.99. The zero-order valence-electron chi connectivity index (χ0n) is 16.2. The van der Waals surface area contributed by atoms with Gasteiger partial charge >= 0.3 is 0 Å². The third-order valence-corrected chi connectivity index (χ3v) is 5.59. The van der Waals surface area contributed by atoms with Gasteiger partial charge in [0, 0.05) is 10.6 Å². The Morgan fingerprint density at radius 1 is 0.929 bits per heavy atom. The highest BCUT2D eigenvalue weighted by Gasteiger charge is 2.38. The molecule has 5 heteroatoms. The molecule has 2 aliphatic rings. The van der Waals surface area contributed by atoms with Gasteiger partial charge in [-0.25, -0.2) is 0 Å². The van der Waals surface area contributed by atoms with Crippen LogP contribution in [0.3, 0.4) is 0 Å². The molecule has 0 radical (unpaired) electrons. The molecule has 0 aliphatic carbocycles. The van der Waals surface area contributed by atoms with E-state index in [1.807, 2.05) is 48.5 Å². The van der Waals surface area contributed by atoms with Crippen LogP contribution in [0.2, 0.25) is 5.02 Å². The summed E-state index contributed by atoms with van der Waals surface area (Å²) in [7, 11) is 0. The zero-order valence-corrected chi connectivity index (χ0v) is 16.9. The molecule has 2 saturated heterocycles. The number of ether oxygens (including phenoxy) is 4.